The standard InChI is InChI=1S/C16H14BrN3O6/c1-25-12-3-5-15(13(17)7-12)26-9-16(22)19-18-8-10-6-11(20(23)24)2-4-14(10)21/h2-8,21H,9H2,1H3,(H,19,22). The third-order valence-electron chi connectivity index (χ3n) is 3.11. The van der Waals surface area contributed by atoms with Gasteiger partial charge in [-0.15, -0.1) is 0 Å². The first kappa shape index (κ1) is 19.2. The number of halogens is 1. The highest BCUT2D eigenvalue weighted by atomic mass is 79.9. The van der Waals surface area contributed by atoms with Gasteiger partial charge in [-0.2, -0.15) is 5.10 Å². The molecule has 2 aromatic carbocycles. The van der Waals surface area contributed by atoms with Crippen LogP contribution in [0.3, 0.4) is 0 Å². The number of aromatic hydroxyl groups is 1. The molecule has 0 bridgehead atoms. The Kier molecular flexibility index (Phi) is 6.50. The molecule has 0 heterocycles. The fraction of sp³-hybridized carbons (Fsp3) is 0.125. The molecule has 0 aliphatic rings. The summed E-state index contributed by atoms with van der Waals surface area (Å²) < 4.78 is 11.0. The number of nitrogens with zero attached hydrogens (tertiary/aromatic N) is 2. The van der Waals surface area contributed by atoms with Gasteiger partial charge in [0.2, 0.25) is 0 Å². The quantitative estimate of drug-likeness (QED) is 0.400. The lowest BCUT2D eigenvalue weighted by Gasteiger charge is -2.08. The average molecular weight is 424 g/mol. The fourth-order valence-corrected chi connectivity index (χ4v) is 2.31. The molecule has 0 aliphatic heterocycles. The summed E-state index contributed by atoms with van der Waals surface area (Å²) >= 11 is 3.30. The monoisotopic (exact) mass is 423 g/mol. The van der Waals surface area contributed by atoms with Crippen LogP contribution in [0.15, 0.2) is 46.0 Å². The summed E-state index contributed by atoms with van der Waals surface area (Å²) in [6, 6.07) is 8.48. The molecule has 0 radical (unpaired) electrons. The van der Waals surface area contributed by atoms with Gasteiger partial charge < -0.3 is 14.6 Å². The average Bonchev–Trinajstić information content (AvgIpc) is 2.61. The Bertz CT molecular complexity index is 856. The fourth-order valence-electron chi connectivity index (χ4n) is 1.83. The number of phenols is 1. The first-order chi connectivity index (χ1) is 12.4. The molecule has 2 N–H and O–H groups in total. The number of hydrogen-bond donors (Lipinski definition) is 2. The lowest BCUT2D eigenvalue weighted by molar-refractivity contribution is -0.384. The molecule has 2 rings (SSSR count). The van der Waals surface area contributed by atoms with Crippen molar-refractivity contribution in [2.24, 2.45) is 5.10 Å². The van der Waals surface area contributed by atoms with Crippen LogP contribution in [0.25, 0.3) is 0 Å². The summed E-state index contributed by atoms with van der Waals surface area (Å²) in [4.78, 5) is 21.9. The number of methoxy groups -OCH3 is 1. The number of benzene rings is 2. The van der Waals surface area contributed by atoms with E-state index in [-0.39, 0.29) is 23.6 Å². The van der Waals surface area contributed by atoms with E-state index in [2.05, 4.69) is 26.5 Å². The Balaban J connectivity index is 1.92. The molecular formula is C16H14BrN3O6. The van der Waals surface area contributed by atoms with Crippen molar-refractivity contribution in [3.8, 4) is 17.2 Å². The van der Waals surface area contributed by atoms with E-state index in [1.165, 1.54) is 13.2 Å². The van der Waals surface area contributed by atoms with Gasteiger partial charge in [-0.3, -0.25) is 14.9 Å². The van der Waals surface area contributed by atoms with Gasteiger partial charge in [0.25, 0.3) is 11.6 Å². The number of non-ortho nitro benzene ring substituents is 1. The summed E-state index contributed by atoms with van der Waals surface area (Å²) in [5, 5.41) is 24.0. The van der Waals surface area contributed by atoms with Gasteiger partial charge in [0.1, 0.15) is 17.2 Å². The van der Waals surface area contributed by atoms with Crippen molar-refractivity contribution in [1.82, 2.24) is 5.43 Å². The molecule has 136 valence electrons. The first-order valence-electron chi connectivity index (χ1n) is 7.16. The molecule has 0 aromatic heterocycles. The molecule has 0 spiro atoms. The van der Waals surface area contributed by atoms with Gasteiger partial charge in [-0.25, -0.2) is 5.43 Å². The van der Waals surface area contributed by atoms with Crippen molar-refractivity contribution in [3.63, 3.8) is 0 Å². The third-order valence-corrected chi connectivity index (χ3v) is 3.73. The van der Waals surface area contributed by atoms with Crippen LogP contribution in [0.1, 0.15) is 5.56 Å². The number of amides is 1. The molecule has 0 atom stereocenters. The van der Waals surface area contributed by atoms with Crippen molar-refractivity contribution in [1.29, 1.82) is 0 Å². The Labute approximate surface area is 156 Å². The van der Waals surface area contributed by atoms with E-state index < -0.39 is 10.8 Å². The molecule has 2 aromatic rings. The first-order valence-corrected chi connectivity index (χ1v) is 7.95. The molecule has 10 heteroatoms. The Morgan fingerprint density at radius 1 is 1.38 bits per heavy atom. The summed E-state index contributed by atoms with van der Waals surface area (Å²) in [6.07, 6.45) is 1.10. The van der Waals surface area contributed by atoms with Crippen molar-refractivity contribution >= 4 is 33.7 Å². The molecule has 0 aliphatic carbocycles. The maximum atomic E-state index is 11.7. The minimum absolute atomic E-state index is 0.0957. The number of carbonyl (C=O) groups excluding carboxylic acids is 1. The van der Waals surface area contributed by atoms with Crippen LogP contribution < -0.4 is 14.9 Å². The van der Waals surface area contributed by atoms with Crippen molar-refractivity contribution in [2.45, 2.75) is 0 Å². The molecule has 26 heavy (non-hydrogen) atoms. The summed E-state index contributed by atoms with van der Waals surface area (Å²) in [6.45, 7) is -0.302. The number of hydrazone groups is 1. The zero-order valence-corrected chi connectivity index (χ0v) is 15.1. The topological polar surface area (TPSA) is 123 Å². The second kappa shape index (κ2) is 8.81. The van der Waals surface area contributed by atoms with Gasteiger partial charge in [-0.1, -0.05) is 0 Å². The predicted molar refractivity (Wildman–Crippen MR) is 96.7 cm³/mol. The van der Waals surface area contributed by atoms with Crippen LogP contribution in [0, 0.1) is 10.1 Å². The Hall–Kier alpha value is -3.14. The second-order valence-corrected chi connectivity index (χ2v) is 5.73. The SMILES string of the molecule is COc1ccc(OCC(=O)NN=Cc2cc([N+](=O)[O-])ccc2O)c(Br)c1. The number of nitro groups is 1. The molecule has 1 amide bonds. The van der Waals surface area contributed by atoms with Gasteiger partial charge in [0.15, 0.2) is 6.61 Å². The normalized spacial score (nSPS) is 10.5. The van der Waals surface area contributed by atoms with Crippen molar-refractivity contribution < 1.29 is 24.3 Å². The van der Waals surface area contributed by atoms with E-state index in [1.807, 2.05) is 0 Å². The maximum absolute atomic E-state index is 11.7. The number of nitro benzene ring substituents is 1. The van der Waals surface area contributed by atoms with Crippen LogP contribution in [0.2, 0.25) is 0 Å². The van der Waals surface area contributed by atoms with Gasteiger partial charge in [0, 0.05) is 17.7 Å². The molecular weight excluding hydrogens is 410 g/mol. The van der Waals surface area contributed by atoms with Crippen molar-refractivity contribution in [3.05, 3.63) is 56.5 Å². The smallest absolute Gasteiger partial charge is 0.277 e. The molecule has 0 saturated carbocycles. The zero-order chi connectivity index (χ0) is 19.1. The largest absolute Gasteiger partial charge is 0.507 e. The van der Waals surface area contributed by atoms with Gasteiger partial charge >= 0.3 is 0 Å². The van der Waals surface area contributed by atoms with E-state index in [0.29, 0.717) is 16.0 Å². The number of rotatable bonds is 7. The lowest BCUT2D eigenvalue weighted by atomic mass is 10.2. The number of phenolic OH excluding ortho intramolecular Hbond substituents is 1. The number of hydrogen-bond acceptors (Lipinski definition) is 7. The van der Waals surface area contributed by atoms with E-state index in [9.17, 15) is 20.0 Å². The minimum atomic E-state index is -0.601. The molecule has 0 saturated heterocycles. The van der Waals surface area contributed by atoms with E-state index in [0.717, 1.165) is 18.3 Å². The van der Waals surface area contributed by atoms with Crippen LogP contribution in [-0.4, -0.2) is 35.9 Å². The molecule has 9 nitrogen and oxygen atoms in total. The zero-order valence-electron chi connectivity index (χ0n) is 13.5. The van der Waals surface area contributed by atoms with Gasteiger partial charge in [-0.05, 0) is 40.2 Å². The Morgan fingerprint density at radius 2 is 2.15 bits per heavy atom. The highest BCUT2D eigenvalue weighted by molar-refractivity contribution is 9.10. The van der Waals surface area contributed by atoms with E-state index >= 15 is 0 Å². The van der Waals surface area contributed by atoms with Crippen LogP contribution in [0.5, 0.6) is 17.2 Å². The van der Waals surface area contributed by atoms with Crippen molar-refractivity contribution in [2.75, 3.05) is 13.7 Å². The summed E-state index contributed by atoms with van der Waals surface area (Å²) in [5.41, 5.74) is 2.09. The second-order valence-electron chi connectivity index (χ2n) is 4.88. The summed E-state index contributed by atoms with van der Waals surface area (Å²) in [7, 11) is 1.53. The lowest BCUT2D eigenvalue weighted by Crippen LogP contribution is -2.24. The molecule has 0 unspecified atom stereocenters. The van der Waals surface area contributed by atoms with Crippen LogP contribution in [-0.2, 0) is 4.79 Å². The number of carbonyl (C=O) groups is 1. The predicted octanol–water partition coefficient (Wildman–Crippen LogP) is 2.60. The number of nitrogens with one attached hydrogen (secondary N) is 1. The highest BCUT2D eigenvalue weighted by Gasteiger charge is 2.09. The highest BCUT2D eigenvalue weighted by Crippen LogP contribution is 2.29. The minimum Gasteiger partial charge on any atom is -0.507 e. The van der Waals surface area contributed by atoms with Crippen LogP contribution >= 0.6 is 15.9 Å². The summed E-state index contributed by atoms with van der Waals surface area (Å²) in [5.74, 6) is 0.331. The third kappa shape index (κ3) is 5.18. The van der Waals surface area contributed by atoms with Gasteiger partial charge in [0.05, 0.1) is 22.7 Å². The Morgan fingerprint density at radius 3 is 2.81 bits per heavy atom. The maximum Gasteiger partial charge on any atom is 0.277 e. The number of ether oxygens (including phenoxy) is 2. The van der Waals surface area contributed by atoms with E-state index in [1.54, 1.807) is 18.2 Å². The molecule has 0 fully saturated rings. The van der Waals surface area contributed by atoms with Crippen LogP contribution in [0.4, 0.5) is 5.69 Å². The van der Waals surface area contributed by atoms with E-state index in [4.69, 9.17) is 9.47 Å².